The summed E-state index contributed by atoms with van der Waals surface area (Å²) in [6, 6.07) is 6.20. The minimum absolute atomic E-state index is 0.0174. The Labute approximate surface area is 185 Å². The zero-order valence-electron chi connectivity index (χ0n) is 17.3. The van der Waals surface area contributed by atoms with Crippen molar-refractivity contribution in [2.24, 2.45) is 0 Å². The van der Waals surface area contributed by atoms with Gasteiger partial charge in [0.15, 0.2) is 0 Å². The molecule has 176 valence electrons. The molecule has 0 spiro atoms. The summed E-state index contributed by atoms with van der Waals surface area (Å²) >= 11 is 0. The highest BCUT2D eigenvalue weighted by atomic mass is 19.4. The highest BCUT2D eigenvalue weighted by molar-refractivity contribution is 5.74. The lowest BCUT2D eigenvalue weighted by Gasteiger charge is -2.25. The Morgan fingerprint density at radius 1 is 1.06 bits per heavy atom. The van der Waals surface area contributed by atoms with E-state index >= 15 is 0 Å². The summed E-state index contributed by atoms with van der Waals surface area (Å²) in [5, 5.41) is 0. The van der Waals surface area contributed by atoms with E-state index in [0.29, 0.717) is 31.3 Å². The summed E-state index contributed by atoms with van der Waals surface area (Å²) in [5.74, 6) is 0. The molecule has 1 aliphatic carbocycles. The first-order valence-electron chi connectivity index (χ1n) is 9.82. The molecule has 0 fully saturated rings. The van der Waals surface area contributed by atoms with Gasteiger partial charge in [0.1, 0.15) is 12.9 Å². The Kier molecular flexibility index (Phi) is 6.85. The van der Waals surface area contributed by atoms with Crippen LogP contribution < -0.4 is 0 Å². The molecule has 0 N–H and O–H groups in total. The predicted octanol–water partition coefficient (Wildman–Crippen LogP) is 6.19. The average molecular weight is 471 g/mol. The molecule has 0 radical (unpaired) electrons. The van der Waals surface area contributed by atoms with Crippen LogP contribution in [0.1, 0.15) is 45.8 Å². The van der Waals surface area contributed by atoms with Crippen molar-refractivity contribution in [3.63, 3.8) is 0 Å². The highest BCUT2D eigenvalue weighted by Gasteiger charge is 2.37. The summed E-state index contributed by atoms with van der Waals surface area (Å²) in [6.45, 7) is -0.752. The van der Waals surface area contributed by atoms with Gasteiger partial charge in [-0.15, -0.1) is 0 Å². The Morgan fingerprint density at radius 2 is 1.70 bits per heavy atom. The molecule has 33 heavy (non-hydrogen) atoms. The van der Waals surface area contributed by atoms with Crippen molar-refractivity contribution in [3.05, 3.63) is 75.9 Å². The number of nitrogens with zero attached hydrogens (tertiary/aromatic N) is 1. The smallest absolute Gasteiger partial charge is 0.416 e. The third kappa shape index (κ3) is 5.74. The predicted molar refractivity (Wildman–Crippen MR) is 107 cm³/mol. The lowest BCUT2D eigenvalue weighted by Crippen LogP contribution is -2.30. The van der Waals surface area contributed by atoms with E-state index in [-0.39, 0.29) is 12.1 Å². The number of aryl methyl sites for hydroxylation is 1. The first-order chi connectivity index (χ1) is 15.4. The number of hydrogen-bond donors (Lipinski definition) is 0. The van der Waals surface area contributed by atoms with E-state index in [1.54, 1.807) is 6.08 Å². The largest absolute Gasteiger partial charge is 0.445 e. The molecule has 0 heterocycles. The topological polar surface area (TPSA) is 46.6 Å². The first kappa shape index (κ1) is 24.3. The molecule has 0 aliphatic heterocycles. The molecule has 1 atom stereocenters. The lowest BCUT2D eigenvalue weighted by atomic mass is 10.0. The minimum atomic E-state index is -4.99. The van der Waals surface area contributed by atoms with Gasteiger partial charge < -0.3 is 9.64 Å². The highest BCUT2D eigenvalue weighted by Crippen LogP contribution is 2.38. The Balaban J connectivity index is 1.76. The van der Waals surface area contributed by atoms with Crippen molar-refractivity contribution in [2.75, 3.05) is 7.05 Å². The second-order valence-corrected chi connectivity index (χ2v) is 7.59. The van der Waals surface area contributed by atoms with Gasteiger partial charge >= 0.3 is 18.4 Å². The Hall–Kier alpha value is -3.30. The van der Waals surface area contributed by atoms with Crippen LogP contribution in [0.3, 0.4) is 0 Å². The Morgan fingerprint density at radius 3 is 2.27 bits per heavy atom. The van der Waals surface area contributed by atoms with Crippen LogP contribution in [0.15, 0.2) is 42.5 Å². The fourth-order valence-electron chi connectivity index (χ4n) is 3.73. The van der Waals surface area contributed by atoms with Crippen LogP contribution >= 0.6 is 0 Å². The SMILES string of the molecule is CN(C(=O)OCc1cc(C(F)(F)F)cc(C(F)(F)F)c1)C1CCc2ccc(/C=C/C=O)cc21. The number of rotatable bonds is 5. The number of amides is 1. The van der Waals surface area contributed by atoms with Crippen LogP contribution in [0.25, 0.3) is 6.08 Å². The molecule has 3 rings (SSSR count). The number of aldehydes is 1. The summed E-state index contributed by atoms with van der Waals surface area (Å²) in [4.78, 5) is 24.3. The number of halogens is 6. The van der Waals surface area contributed by atoms with Gasteiger partial charge in [-0.05, 0) is 65.4 Å². The molecule has 2 aromatic rings. The van der Waals surface area contributed by atoms with Crippen LogP contribution in [0.2, 0.25) is 0 Å². The van der Waals surface area contributed by atoms with E-state index in [1.807, 2.05) is 18.2 Å². The summed E-state index contributed by atoms with van der Waals surface area (Å²) < 4.78 is 83.1. The molecule has 0 saturated carbocycles. The Bertz CT molecular complexity index is 1040. The van der Waals surface area contributed by atoms with Gasteiger partial charge in [0, 0.05) is 7.05 Å². The molecule has 10 heteroatoms. The van der Waals surface area contributed by atoms with Crippen molar-refractivity contribution in [1.82, 2.24) is 4.90 Å². The fourth-order valence-corrected chi connectivity index (χ4v) is 3.73. The van der Waals surface area contributed by atoms with Crippen LogP contribution in [-0.2, 0) is 34.9 Å². The van der Waals surface area contributed by atoms with Crippen molar-refractivity contribution in [2.45, 2.75) is 37.8 Å². The number of benzene rings is 2. The molecular weight excluding hydrogens is 452 g/mol. The molecule has 0 aromatic heterocycles. The van der Waals surface area contributed by atoms with Crippen LogP contribution in [0, 0.1) is 0 Å². The van der Waals surface area contributed by atoms with Crippen molar-refractivity contribution < 1.29 is 40.7 Å². The number of fused-ring (bicyclic) bond motifs is 1. The van der Waals surface area contributed by atoms with Gasteiger partial charge in [-0.2, -0.15) is 26.3 Å². The molecule has 1 amide bonds. The van der Waals surface area contributed by atoms with Gasteiger partial charge in [0.25, 0.3) is 0 Å². The fraction of sp³-hybridized carbons (Fsp3) is 0.304. The van der Waals surface area contributed by atoms with Crippen LogP contribution in [0.4, 0.5) is 31.1 Å². The van der Waals surface area contributed by atoms with Crippen molar-refractivity contribution in [1.29, 1.82) is 0 Å². The maximum atomic E-state index is 13.0. The van der Waals surface area contributed by atoms with Gasteiger partial charge in [0.2, 0.25) is 0 Å². The minimum Gasteiger partial charge on any atom is -0.445 e. The second-order valence-electron chi connectivity index (χ2n) is 7.59. The van der Waals surface area contributed by atoms with E-state index in [1.165, 1.54) is 18.0 Å². The standard InChI is InChI=1S/C23H19F6NO3/c1-30(20-7-6-16-5-4-14(3-2-8-31)11-19(16)20)21(32)33-13-15-9-17(22(24,25)26)12-18(10-15)23(27,28)29/h2-5,8-12,20H,6-7,13H2,1H3/b3-2+. The van der Waals surface area contributed by atoms with Gasteiger partial charge in [-0.1, -0.05) is 18.2 Å². The molecule has 1 aliphatic rings. The molecule has 0 saturated heterocycles. The first-order valence-corrected chi connectivity index (χ1v) is 9.82. The quantitative estimate of drug-likeness (QED) is 0.297. The van der Waals surface area contributed by atoms with Crippen LogP contribution in [0.5, 0.6) is 0 Å². The maximum Gasteiger partial charge on any atom is 0.416 e. The lowest BCUT2D eigenvalue weighted by molar-refractivity contribution is -0.143. The number of ether oxygens (including phenoxy) is 1. The number of alkyl halides is 6. The van der Waals surface area contributed by atoms with E-state index in [9.17, 15) is 35.9 Å². The van der Waals surface area contributed by atoms with E-state index in [0.717, 1.165) is 16.7 Å². The van der Waals surface area contributed by atoms with Gasteiger partial charge in [-0.25, -0.2) is 4.79 Å². The summed E-state index contributed by atoms with van der Waals surface area (Å²) in [7, 11) is 1.45. The van der Waals surface area contributed by atoms with Crippen molar-refractivity contribution in [3.8, 4) is 0 Å². The van der Waals surface area contributed by atoms with Crippen LogP contribution in [-0.4, -0.2) is 24.3 Å². The zero-order chi connectivity index (χ0) is 24.4. The third-order valence-corrected chi connectivity index (χ3v) is 5.35. The third-order valence-electron chi connectivity index (χ3n) is 5.35. The molecule has 4 nitrogen and oxygen atoms in total. The normalized spacial score (nSPS) is 16.0. The number of hydrogen-bond acceptors (Lipinski definition) is 3. The average Bonchev–Trinajstić information content (AvgIpc) is 3.17. The van der Waals surface area contributed by atoms with E-state index < -0.39 is 41.7 Å². The van der Waals surface area contributed by atoms with Crippen molar-refractivity contribution >= 4 is 18.5 Å². The summed E-state index contributed by atoms with van der Waals surface area (Å²) in [5.41, 5.74) is -0.795. The second kappa shape index (κ2) is 9.29. The number of allylic oxidation sites excluding steroid dienone is 1. The monoisotopic (exact) mass is 471 g/mol. The van der Waals surface area contributed by atoms with Gasteiger partial charge in [0.05, 0.1) is 17.2 Å². The van der Waals surface area contributed by atoms with Gasteiger partial charge in [-0.3, -0.25) is 4.79 Å². The van der Waals surface area contributed by atoms with E-state index in [2.05, 4.69) is 0 Å². The number of carbonyl (C=O) groups is 2. The molecular formula is C23H19F6NO3. The zero-order valence-corrected chi connectivity index (χ0v) is 17.3. The molecule has 2 aromatic carbocycles. The maximum absolute atomic E-state index is 13.0. The summed E-state index contributed by atoms with van der Waals surface area (Å²) in [6.07, 6.45) is -6.04. The molecule has 1 unspecified atom stereocenters. The number of carbonyl (C=O) groups excluding carboxylic acids is 2. The molecule has 0 bridgehead atoms. The van der Waals surface area contributed by atoms with E-state index in [4.69, 9.17) is 4.74 Å².